The fraction of sp³-hybridized carbons (Fsp3) is 0. The molecule has 2 aromatic rings. The SMILES string of the molecule is O=C(Nc1ccnc(Cl)c1)Nc1ccn[nH]1. The Labute approximate surface area is 96.0 Å². The number of urea groups is 1. The van der Waals surface area contributed by atoms with E-state index in [-0.39, 0.29) is 6.03 Å². The van der Waals surface area contributed by atoms with Gasteiger partial charge in [0.25, 0.3) is 0 Å². The number of hydrogen-bond donors (Lipinski definition) is 3. The van der Waals surface area contributed by atoms with Gasteiger partial charge in [-0.3, -0.25) is 10.4 Å². The lowest BCUT2D eigenvalue weighted by atomic mass is 10.4. The van der Waals surface area contributed by atoms with Gasteiger partial charge in [0, 0.05) is 18.0 Å². The summed E-state index contributed by atoms with van der Waals surface area (Å²) < 4.78 is 0. The molecule has 0 unspecified atom stereocenters. The molecule has 0 radical (unpaired) electrons. The molecule has 0 aliphatic rings. The van der Waals surface area contributed by atoms with Gasteiger partial charge in [-0.05, 0) is 12.1 Å². The van der Waals surface area contributed by atoms with Crippen LogP contribution in [-0.4, -0.2) is 21.2 Å². The molecular weight excluding hydrogens is 230 g/mol. The van der Waals surface area contributed by atoms with Crippen molar-refractivity contribution in [2.24, 2.45) is 0 Å². The number of hydrogen-bond acceptors (Lipinski definition) is 3. The fourth-order valence-corrected chi connectivity index (χ4v) is 1.26. The number of amides is 2. The second-order valence-electron chi connectivity index (χ2n) is 2.92. The van der Waals surface area contributed by atoms with Gasteiger partial charge in [0.15, 0.2) is 0 Å². The van der Waals surface area contributed by atoms with Crippen molar-refractivity contribution in [2.75, 3.05) is 10.6 Å². The van der Waals surface area contributed by atoms with Crippen LogP contribution >= 0.6 is 11.6 Å². The predicted octanol–water partition coefficient (Wildman–Crippen LogP) is 2.10. The molecular formula is C9H8ClN5O. The van der Waals surface area contributed by atoms with Gasteiger partial charge < -0.3 is 5.32 Å². The van der Waals surface area contributed by atoms with E-state index < -0.39 is 0 Å². The number of carbonyl (C=O) groups excluding carboxylic acids is 1. The van der Waals surface area contributed by atoms with Crippen molar-refractivity contribution < 1.29 is 4.79 Å². The van der Waals surface area contributed by atoms with E-state index in [0.29, 0.717) is 16.7 Å². The van der Waals surface area contributed by atoms with Crippen molar-refractivity contribution in [3.63, 3.8) is 0 Å². The van der Waals surface area contributed by atoms with E-state index in [9.17, 15) is 4.79 Å². The lowest BCUT2D eigenvalue weighted by Gasteiger charge is -2.05. The van der Waals surface area contributed by atoms with Crippen molar-refractivity contribution in [1.82, 2.24) is 15.2 Å². The minimum atomic E-state index is -0.383. The summed E-state index contributed by atoms with van der Waals surface area (Å²) in [6.45, 7) is 0. The number of aromatic amines is 1. The zero-order valence-electron chi connectivity index (χ0n) is 8.07. The third kappa shape index (κ3) is 2.71. The van der Waals surface area contributed by atoms with Crippen LogP contribution in [0.5, 0.6) is 0 Å². The van der Waals surface area contributed by atoms with Crippen LogP contribution in [-0.2, 0) is 0 Å². The summed E-state index contributed by atoms with van der Waals surface area (Å²) >= 11 is 5.67. The Morgan fingerprint density at radius 2 is 2.19 bits per heavy atom. The molecule has 2 aromatic heterocycles. The maximum atomic E-state index is 11.5. The smallest absolute Gasteiger partial charge is 0.308 e. The van der Waals surface area contributed by atoms with Crippen LogP contribution < -0.4 is 10.6 Å². The van der Waals surface area contributed by atoms with Gasteiger partial charge >= 0.3 is 6.03 Å². The first-order valence-electron chi connectivity index (χ1n) is 4.43. The second kappa shape index (κ2) is 4.63. The van der Waals surface area contributed by atoms with Gasteiger partial charge in [0.1, 0.15) is 11.0 Å². The van der Waals surface area contributed by atoms with Crippen LogP contribution in [0.4, 0.5) is 16.3 Å². The minimum Gasteiger partial charge on any atom is -0.308 e. The normalized spacial score (nSPS) is 9.81. The Bertz CT molecular complexity index is 484. The van der Waals surface area contributed by atoms with Crippen LogP contribution in [0.15, 0.2) is 30.6 Å². The average Bonchev–Trinajstić information content (AvgIpc) is 2.70. The standard InChI is InChI=1S/C9H8ClN5O/c10-7-5-6(1-3-11-7)13-9(16)14-8-2-4-12-15-8/h1-5H,(H3,11,12,13,14,15,16). The van der Waals surface area contributed by atoms with Crippen LogP contribution in [0.3, 0.4) is 0 Å². The Morgan fingerprint density at radius 3 is 2.88 bits per heavy atom. The second-order valence-corrected chi connectivity index (χ2v) is 3.30. The topological polar surface area (TPSA) is 82.7 Å². The first kappa shape index (κ1) is 10.4. The third-order valence-electron chi connectivity index (χ3n) is 1.73. The molecule has 0 saturated heterocycles. The van der Waals surface area contributed by atoms with Crippen molar-refractivity contribution in [3.05, 3.63) is 35.7 Å². The van der Waals surface area contributed by atoms with Gasteiger partial charge in [-0.2, -0.15) is 5.10 Å². The maximum absolute atomic E-state index is 11.5. The molecule has 0 aliphatic heterocycles. The van der Waals surface area contributed by atoms with Gasteiger partial charge in [0.05, 0.1) is 6.20 Å². The zero-order chi connectivity index (χ0) is 11.4. The fourth-order valence-electron chi connectivity index (χ4n) is 1.09. The van der Waals surface area contributed by atoms with Crippen molar-refractivity contribution >= 4 is 29.1 Å². The number of pyridine rings is 1. The highest BCUT2D eigenvalue weighted by Crippen LogP contribution is 2.12. The molecule has 0 fully saturated rings. The first-order valence-corrected chi connectivity index (χ1v) is 4.81. The van der Waals surface area contributed by atoms with Gasteiger partial charge in [0.2, 0.25) is 0 Å². The Kier molecular flexibility index (Phi) is 3.02. The predicted molar refractivity (Wildman–Crippen MR) is 60.5 cm³/mol. The van der Waals surface area contributed by atoms with E-state index in [1.807, 2.05) is 0 Å². The number of nitrogens with one attached hydrogen (secondary N) is 3. The molecule has 0 aliphatic carbocycles. The number of aromatic nitrogens is 3. The summed E-state index contributed by atoms with van der Waals surface area (Å²) in [7, 11) is 0. The monoisotopic (exact) mass is 237 g/mol. The molecule has 0 atom stereocenters. The molecule has 16 heavy (non-hydrogen) atoms. The molecule has 2 amide bonds. The highest BCUT2D eigenvalue weighted by atomic mass is 35.5. The summed E-state index contributed by atoms with van der Waals surface area (Å²) in [6, 6.07) is 4.44. The van der Waals surface area contributed by atoms with E-state index in [4.69, 9.17) is 11.6 Å². The van der Waals surface area contributed by atoms with E-state index >= 15 is 0 Å². The number of rotatable bonds is 2. The molecule has 7 heteroatoms. The van der Waals surface area contributed by atoms with Gasteiger partial charge in [-0.25, -0.2) is 9.78 Å². The summed E-state index contributed by atoms with van der Waals surface area (Å²) in [4.78, 5) is 15.3. The van der Waals surface area contributed by atoms with Crippen molar-refractivity contribution in [3.8, 4) is 0 Å². The van der Waals surface area contributed by atoms with Crippen LogP contribution in [0.25, 0.3) is 0 Å². The number of carbonyl (C=O) groups is 1. The number of anilines is 2. The molecule has 0 saturated carbocycles. The average molecular weight is 238 g/mol. The van der Waals surface area contributed by atoms with Crippen molar-refractivity contribution in [1.29, 1.82) is 0 Å². The van der Waals surface area contributed by atoms with E-state index in [1.54, 1.807) is 24.4 Å². The van der Waals surface area contributed by atoms with Crippen LogP contribution in [0.1, 0.15) is 0 Å². The zero-order valence-corrected chi connectivity index (χ0v) is 8.82. The lowest BCUT2D eigenvalue weighted by Crippen LogP contribution is -2.19. The summed E-state index contributed by atoms with van der Waals surface area (Å²) in [5.74, 6) is 0.512. The number of halogens is 1. The molecule has 3 N–H and O–H groups in total. The van der Waals surface area contributed by atoms with Crippen molar-refractivity contribution in [2.45, 2.75) is 0 Å². The quantitative estimate of drug-likeness (QED) is 0.700. The molecule has 0 aromatic carbocycles. The molecule has 82 valence electrons. The first-order chi connectivity index (χ1) is 7.74. The molecule has 6 nitrogen and oxygen atoms in total. The largest absolute Gasteiger partial charge is 0.324 e. The number of H-pyrrole nitrogens is 1. The van der Waals surface area contributed by atoms with E-state index in [0.717, 1.165) is 0 Å². The maximum Gasteiger partial charge on any atom is 0.324 e. The van der Waals surface area contributed by atoms with Crippen LogP contribution in [0, 0.1) is 0 Å². The minimum absolute atomic E-state index is 0.319. The van der Waals surface area contributed by atoms with E-state index in [1.165, 1.54) is 6.20 Å². The highest BCUT2D eigenvalue weighted by molar-refractivity contribution is 6.29. The van der Waals surface area contributed by atoms with Gasteiger partial charge in [-0.1, -0.05) is 11.6 Å². The molecule has 2 heterocycles. The summed E-state index contributed by atoms with van der Waals surface area (Å²) in [5, 5.41) is 11.8. The van der Waals surface area contributed by atoms with Crippen LogP contribution in [0.2, 0.25) is 5.15 Å². The molecule has 0 spiro atoms. The summed E-state index contributed by atoms with van der Waals surface area (Å²) in [5.41, 5.74) is 0.567. The van der Waals surface area contributed by atoms with E-state index in [2.05, 4.69) is 25.8 Å². The third-order valence-corrected chi connectivity index (χ3v) is 1.94. The highest BCUT2D eigenvalue weighted by Gasteiger charge is 2.03. The Morgan fingerprint density at radius 1 is 1.31 bits per heavy atom. The lowest BCUT2D eigenvalue weighted by molar-refractivity contribution is 0.262. The summed E-state index contributed by atoms with van der Waals surface area (Å²) in [6.07, 6.45) is 3.05. The number of nitrogens with zero attached hydrogens (tertiary/aromatic N) is 2. The molecule has 0 bridgehead atoms. The Balaban J connectivity index is 1.97. The Hall–Kier alpha value is -2.08. The van der Waals surface area contributed by atoms with Gasteiger partial charge in [-0.15, -0.1) is 0 Å². The molecule has 2 rings (SSSR count).